The standard InChI is InChI=1S/C28H37Cl2N7O4/c1-31-28-32-16-19-17-36(26-24(29)21(39-2)15-22(40-3)25(26)30)18-37(27(19)33-28)20-6-9-35(10-7-20)23(38)5-4-8-34-11-13-41-14-12-34/h4-5,15-16,20H,6-14,17-18H2,1-3H3,(H,31,32,33)/b5-4+. The van der Waals surface area contributed by atoms with Crippen LogP contribution in [0.5, 0.6) is 11.5 Å². The van der Waals surface area contributed by atoms with E-state index < -0.39 is 0 Å². The van der Waals surface area contributed by atoms with Gasteiger partial charge in [0.15, 0.2) is 0 Å². The van der Waals surface area contributed by atoms with Crippen molar-refractivity contribution in [1.82, 2.24) is 19.8 Å². The molecule has 5 rings (SSSR count). The third-order valence-corrected chi connectivity index (χ3v) is 8.56. The number of likely N-dealkylation sites (tertiary alicyclic amines) is 1. The van der Waals surface area contributed by atoms with Gasteiger partial charge in [0.2, 0.25) is 11.9 Å². The average Bonchev–Trinajstić information content (AvgIpc) is 3.01. The fraction of sp³-hybridized carbons (Fsp3) is 0.536. The second-order valence-electron chi connectivity index (χ2n) is 10.2. The molecule has 4 heterocycles. The Morgan fingerprint density at radius 3 is 2.44 bits per heavy atom. The highest BCUT2D eigenvalue weighted by Crippen LogP contribution is 2.47. The van der Waals surface area contributed by atoms with Gasteiger partial charge in [-0.1, -0.05) is 29.3 Å². The van der Waals surface area contributed by atoms with Crippen molar-refractivity contribution in [2.75, 3.05) is 89.0 Å². The second kappa shape index (κ2) is 13.3. The van der Waals surface area contributed by atoms with Crippen molar-refractivity contribution in [1.29, 1.82) is 0 Å². The first-order valence-corrected chi connectivity index (χ1v) is 14.6. The number of anilines is 3. The number of nitrogens with one attached hydrogen (secondary N) is 1. The summed E-state index contributed by atoms with van der Waals surface area (Å²) in [7, 11) is 4.94. The van der Waals surface area contributed by atoms with Gasteiger partial charge in [-0.25, -0.2) is 4.98 Å². The number of methoxy groups -OCH3 is 2. The monoisotopic (exact) mass is 605 g/mol. The fourth-order valence-corrected chi connectivity index (χ4v) is 6.30. The first-order chi connectivity index (χ1) is 19.9. The highest BCUT2D eigenvalue weighted by molar-refractivity contribution is 6.41. The highest BCUT2D eigenvalue weighted by atomic mass is 35.5. The van der Waals surface area contributed by atoms with Crippen LogP contribution in [0.2, 0.25) is 10.0 Å². The topological polar surface area (TPSA) is 95.5 Å². The van der Waals surface area contributed by atoms with Crippen molar-refractivity contribution in [2.45, 2.75) is 25.4 Å². The van der Waals surface area contributed by atoms with Crippen LogP contribution in [0.25, 0.3) is 0 Å². The Morgan fingerprint density at radius 2 is 1.80 bits per heavy atom. The molecule has 1 aromatic heterocycles. The SMILES string of the molecule is CNc1ncc2c(n1)N(C1CCN(C(=O)/C=C/CN3CCOCC3)CC1)CN(c1c(Cl)c(OC)cc(OC)c1Cl)C2. The lowest BCUT2D eigenvalue weighted by atomic mass is 10.0. The van der Waals surface area contributed by atoms with Gasteiger partial charge < -0.3 is 34.2 Å². The predicted molar refractivity (Wildman–Crippen MR) is 161 cm³/mol. The van der Waals surface area contributed by atoms with Crippen LogP contribution in [0.15, 0.2) is 24.4 Å². The molecule has 0 radical (unpaired) electrons. The molecule has 2 saturated heterocycles. The Bertz CT molecular complexity index is 1240. The third kappa shape index (κ3) is 6.43. The minimum Gasteiger partial charge on any atom is -0.495 e. The Labute approximate surface area is 250 Å². The van der Waals surface area contributed by atoms with Crippen LogP contribution in [-0.4, -0.2) is 106 Å². The summed E-state index contributed by atoms with van der Waals surface area (Å²) in [4.78, 5) is 30.8. The van der Waals surface area contributed by atoms with E-state index >= 15 is 0 Å². The number of aromatic nitrogens is 2. The van der Waals surface area contributed by atoms with E-state index in [2.05, 4.69) is 25.0 Å². The summed E-state index contributed by atoms with van der Waals surface area (Å²) in [5, 5.41) is 3.88. The largest absolute Gasteiger partial charge is 0.495 e. The van der Waals surface area contributed by atoms with E-state index in [1.165, 1.54) is 0 Å². The number of benzene rings is 1. The maximum atomic E-state index is 12.9. The number of carbonyl (C=O) groups is 1. The van der Waals surface area contributed by atoms with E-state index in [0.717, 1.165) is 57.1 Å². The average molecular weight is 607 g/mol. The maximum Gasteiger partial charge on any atom is 0.246 e. The van der Waals surface area contributed by atoms with Gasteiger partial charge >= 0.3 is 0 Å². The van der Waals surface area contributed by atoms with Gasteiger partial charge in [-0.15, -0.1) is 0 Å². The third-order valence-electron chi connectivity index (χ3n) is 7.83. The molecule has 2 fully saturated rings. The maximum absolute atomic E-state index is 12.9. The van der Waals surface area contributed by atoms with Gasteiger partial charge in [0.05, 0.1) is 39.8 Å². The molecular formula is C28H37Cl2N7O4. The zero-order chi connectivity index (χ0) is 28.9. The van der Waals surface area contributed by atoms with Gasteiger partial charge in [-0.3, -0.25) is 9.69 Å². The van der Waals surface area contributed by atoms with Gasteiger partial charge in [0.25, 0.3) is 0 Å². The molecule has 41 heavy (non-hydrogen) atoms. The van der Waals surface area contributed by atoms with Crippen LogP contribution in [0.3, 0.4) is 0 Å². The molecule has 0 saturated carbocycles. The van der Waals surface area contributed by atoms with E-state index in [-0.39, 0.29) is 11.9 Å². The summed E-state index contributed by atoms with van der Waals surface area (Å²) in [6.45, 7) is 6.39. The number of piperidine rings is 1. The number of nitrogens with zero attached hydrogens (tertiary/aromatic N) is 6. The first-order valence-electron chi connectivity index (χ1n) is 13.8. The number of carbonyl (C=O) groups excluding carboxylic acids is 1. The Kier molecular flexibility index (Phi) is 9.59. The molecule has 13 heteroatoms. The van der Waals surface area contributed by atoms with Crippen LogP contribution in [0, 0.1) is 0 Å². The number of fused-ring (bicyclic) bond motifs is 1. The van der Waals surface area contributed by atoms with E-state index in [9.17, 15) is 4.79 Å². The molecular weight excluding hydrogens is 569 g/mol. The van der Waals surface area contributed by atoms with Crippen molar-refractivity contribution >= 4 is 46.6 Å². The fourth-order valence-electron chi connectivity index (χ4n) is 5.56. The van der Waals surface area contributed by atoms with Gasteiger partial charge in [-0.2, -0.15) is 4.98 Å². The summed E-state index contributed by atoms with van der Waals surface area (Å²) >= 11 is 13.6. The zero-order valence-electron chi connectivity index (χ0n) is 23.7. The summed E-state index contributed by atoms with van der Waals surface area (Å²) < 4.78 is 16.4. The summed E-state index contributed by atoms with van der Waals surface area (Å²) in [6.07, 6.45) is 7.12. The Balaban J connectivity index is 1.34. The quantitative estimate of drug-likeness (QED) is 0.450. The van der Waals surface area contributed by atoms with Crippen LogP contribution in [0.4, 0.5) is 17.5 Å². The number of ether oxygens (including phenoxy) is 3. The first kappa shape index (κ1) is 29.5. The lowest BCUT2D eigenvalue weighted by Gasteiger charge is -2.45. The number of rotatable bonds is 8. The molecule has 222 valence electrons. The molecule has 11 nitrogen and oxygen atoms in total. The molecule has 1 amide bonds. The minimum atomic E-state index is 0.0548. The Hall–Kier alpha value is -2.99. The van der Waals surface area contributed by atoms with E-state index in [0.29, 0.717) is 59.5 Å². The van der Waals surface area contributed by atoms with Crippen LogP contribution in [-0.2, 0) is 16.1 Å². The van der Waals surface area contributed by atoms with Crippen molar-refractivity contribution in [3.05, 3.63) is 40.0 Å². The van der Waals surface area contributed by atoms with Crippen molar-refractivity contribution in [2.24, 2.45) is 0 Å². The van der Waals surface area contributed by atoms with E-state index in [1.54, 1.807) is 33.4 Å². The molecule has 2 aromatic rings. The normalized spacial score (nSPS) is 18.5. The lowest BCUT2D eigenvalue weighted by molar-refractivity contribution is -0.127. The molecule has 0 atom stereocenters. The second-order valence-corrected chi connectivity index (χ2v) is 11.0. The molecule has 0 spiro atoms. The number of hydrogen-bond acceptors (Lipinski definition) is 10. The number of amides is 1. The minimum absolute atomic E-state index is 0.0548. The molecule has 1 aromatic carbocycles. The van der Waals surface area contributed by atoms with Crippen molar-refractivity contribution in [3.8, 4) is 11.5 Å². The summed E-state index contributed by atoms with van der Waals surface area (Å²) in [5.41, 5.74) is 1.59. The van der Waals surface area contributed by atoms with E-state index in [1.807, 2.05) is 17.2 Å². The van der Waals surface area contributed by atoms with Gasteiger partial charge in [-0.05, 0) is 12.8 Å². The highest BCUT2D eigenvalue weighted by Gasteiger charge is 2.35. The van der Waals surface area contributed by atoms with Crippen molar-refractivity contribution in [3.63, 3.8) is 0 Å². The van der Waals surface area contributed by atoms with Crippen LogP contribution < -0.4 is 24.6 Å². The van der Waals surface area contributed by atoms with E-state index in [4.69, 9.17) is 42.4 Å². The molecule has 3 aliphatic rings. The molecule has 1 N–H and O–H groups in total. The van der Waals surface area contributed by atoms with Gasteiger partial charge in [0, 0.05) is 76.3 Å². The molecule has 0 aliphatic carbocycles. The molecule has 3 aliphatic heterocycles. The number of hydrogen-bond donors (Lipinski definition) is 1. The number of halogens is 2. The van der Waals surface area contributed by atoms with Crippen LogP contribution in [0.1, 0.15) is 18.4 Å². The lowest BCUT2D eigenvalue weighted by Crippen LogP contribution is -2.52. The zero-order valence-corrected chi connectivity index (χ0v) is 25.2. The Morgan fingerprint density at radius 1 is 1.12 bits per heavy atom. The van der Waals surface area contributed by atoms with Crippen molar-refractivity contribution < 1.29 is 19.0 Å². The number of morpholine rings is 1. The summed E-state index contributed by atoms with van der Waals surface area (Å²) in [5.74, 6) is 2.45. The summed E-state index contributed by atoms with van der Waals surface area (Å²) in [6, 6.07) is 1.84. The van der Waals surface area contributed by atoms with Gasteiger partial charge in [0.1, 0.15) is 27.4 Å². The van der Waals surface area contributed by atoms with Crippen LogP contribution >= 0.6 is 23.2 Å². The smallest absolute Gasteiger partial charge is 0.246 e. The molecule has 0 bridgehead atoms. The molecule has 0 unspecified atom stereocenters. The predicted octanol–water partition coefficient (Wildman–Crippen LogP) is 3.51.